The van der Waals surface area contributed by atoms with Crippen LogP contribution in [0.1, 0.15) is 11.3 Å². The van der Waals surface area contributed by atoms with E-state index in [0.717, 1.165) is 16.7 Å². The number of aryl methyl sites for hydroxylation is 1. The summed E-state index contributed by atoms with van der Waals surface area (Å²) in [7, 11) is 1.63. The van der Waals surface area contributed by atoms with Crippen molar-refractivity contribution in [3.8, 4) is 11.6 Å². The molecule has 1 aromatic heterocycles. The Labute approximate surface area is 103 Å². The van der Waals surface area contributed by atoms with Crippen molar-refractivity contribution in [2.45, 2.75) is 12.3 Å². The van der Waals surface area contributed by atoms with Crippen molar-refractivity contribution in [1.82, 2.24) is 9.78 Å². The molecular formula is C12H13BrN2O. The lowest BCUT2D eigenvalue weighted by Crippen LogP contribution is -1.98. The van der Waals surface area contributed by atoms with E-state index >= 15 is 0 Å². The third-order valence-corrected chi connectivity index (χ3v) is 3.06. The number of alkyl halides is 1. The van der Waals surface area contributed by atoms with Gasteiger partial charge < -0.3 is 4.74 Å². The molecule has 0 saturated heterocycles. The maximum Gasteiger partial charge on any atom is 0.233 e. The van der Waals surface area contributed by atoms with Crippen LogP contribution in [-0.4, -0.2) is 16.9 Å². The Morgan fingerprint density at radius 2 is 2.00 bits per heavy atom. The predicted molar refractivity (Wildman–Crippen MR) is 67.5 cm³/mol. The van der Waals surface area contributed by atoms with E-state index in [9.17, 15) is 0 Å². The summed E-state index contributed by atoms with van der Waals surface area (Å²) in [6, 6.07) is 10.2. The van der Waals surface area contributed by atoms with E-state index in [-0.39, 0.29) is 0 Å². The third kappa shape index (κ3) is 2.11. The Morgan fingerprint density at radius 1 is 1.31 bits per heavy atom. The molecule has 2 aromatic rings. The molecule has 0 atom stereocenters. The first-order chi connectivity index (χ1) is 7.74. The second kappa shape index (κ2) is 4.70. The standard InChI is InChI=1S/C12H13BrN2O/c1-9-7-12(16-2)14-15(9)11-5-3-10(8-13)4-6-11/h3-7H,8H2,1-2H3. The number of hydrogen-bond acceptors (Lipinski definition) is 2. The van der Waals surface area contributed by atoms with Gasteiger partial charge in [0.05, 0.1) is 12.8 Å². The molecule has 0 aliphatic carbocycles. The molecule has 0 fully saturated rings. The van der Waals surface area contributed by atoms with E-state index < -0.39 is 0 Å². The van der Waals surface area contributed by atoms with Crippen LogP contribution in [0, 0.1) is 6.92 Å². The van der Waals surface area contributed by atoms with Crippen LogP contribution in [0.15, 0.2) is 30.3 Å². The second-order valence-corrected chi connectivity index (χ2v) is 4.10. The van der Waals surface area contributed by atoms with Crippen molar-refractivity contribution < 1.29 is 4.74 Å². The lowest BCUT2D eigenvalue weighted by Gasteiger charge is -2.04. The highest BCUT2D eigenvalue weighted by molar-refractivity contribution is 9.08. The van der Waals surface area contributed by atoms with E-state index in [1.54, 1.807) is 7.11 Å². The van der Waals surface area contributed by atoms with Crippen LogP contribution in [0.5, 0.6) is 5.88 Å². The number of nitrogens with zero attached hydrogens (tertiary/aromatic N) is 2. The van der Waals surface area contributed by atoms with Gasteiger partial charge in [0, 0.05) is 17.1 Å². The number of aromatic nitrogens is 2. The summed E-state index contributed by atoms with van der Waals surface area (Å²) < 4.78 is 6.97. The highest BCUT2D eigenvalue weighted by Crippen LogP contribution is 2.17. The summed E-state index contributed by atoms with van der Waals surface area (Å²) in [6.45, 7) is 2.01. The molecule has 0 amide bonds. The van der Waals surface area contributed by atoms with Crippen molar-refractivity contribution in [3.05, 3.63) is 41.6 Å². The third-order valence-electron chi connectivity index (χ3n) is 2.41. The van der Waals surface area contributed by atoms with Gasteiger partial charge in [-0.15, -0.1) is 5.10 Å². The van der Waals surface area contributed by atoms with Crippen molar-refractivity contribution in [1.29, 1.82) is 0 Å². The van der Waals surface area contributed by atoms with Gasteiger partial charge in [-0.2, -0.15) is 0 Å². The van der Waals surface area contributed by atoms with E-state index in [1.807, 2.05) is 17.7 Å². The Balaban J connectivity index is 2.38. The van der Waals surface area contributed by atoms with Gasteiger partial charge in [-0.1, -0.05) is 28.1 Å². The molecule has 1 aromatic carbocycles. The maximum atomic E-state index is 5.10. The van der Waals surface area contributed by atoms with Gasteiger partial charge in [0.2, 0.25) is 5.88 Å². The first-order valence-electron chi connectivity index (χ1n) is 5.00. The molecule has 0 aliphatic rings. The molecule has 0 saturated carbocycles. The second-order valence-electron chi connectivity index (χ2n) is 3.54. The first kappa shape index (κ1) is 11.2. The average Bonchev–Trinajstić information content (AvgIpc) is 2.71. The van der Waals surface area contributed by atoms with Gasteiger partial charge in [0.15, 0.2) is 0 Å². The molecule has 4 heteroatoms. The lowest BCUT2D eigenvalue weighted by molar-refractivity contribution is 0.394. The van der Waals surface area contributed by atoms with Crippen molar-refractivity contribution in [3.63, 3.8) is 0 Å². The number of ether oxygens (including phenoxy) is 1. The van der Waals surface area contributed by atoms with Crippen LogP contribution in [-0.2, 0) is 5.33 Å². The fraction of sp³-hybridized carbons (Fsp3) is 0.250. The Morgan fingerprint density at radius 3 is 2.50 bits per heavy atom. The summed E-state index contributed by atoms with van der Waals surface area (Å²) in [5.41, 5.74) is 3.36. The Kier molecular flexibility index (Phi) is 3.29. The maximum absolute atomic E-state index is 5.10. The first-order valence-corrected chi connectivity index (χ1v) is 6.12. The monoisotopic (exact) mass is 280 g/mol. The normalized spacial score (nSPS) is 10.4. The highest BCUT2D eigenvalue weighted by Gasteiger charge is 2.05. The van der Waals surface area contributed by atoms with Crippen LogP contribution in [0.2, 0.25) is 0 Å². The van der Waals surface area contributed by atoms with E-state index in [1.165, 1.54) is 5.56 Å². The lowest BCUT2D eigenvalue weighted by atomic mass is 10.2. The minimum Gasteiger partial charge on any atom is -0.480 e. The van der Waals surface area contributed by atoms with Crippen LogP contribution >= 0.6 is 15.9 Å². The molecule has 2 rings (SSSR count). The smallest absolute Gasteiger partial charge is 0.233 e. The Hall–Kier alpha value is -1.29. The van der Waals surface area contributed by atoms with Gasteiger partial charge in [0.25, 0.3) is 0 Å². The van der Waals surface area contributed by atoms with Gasteiger partial charge in [-0.25, -0.2) is 4.68 Å². The molecule has 3 nitrogen and oxygen atoms in total. The molecule has 0 spiro atoms. The number of methoxy groups -OCH3 is 1. The van der Waals surface area contributed by atoms with Gasteiger partial charge in [-0.05, 0) is 24.6 Å². The van der Waals surface area contributed by atoms with Crippen LogP contribution in [0.3, 0.4) is 0 Å². The molecular weight excluding hydrogens is 268 g/mol. The zero-order valence-corrected chi connectivity index (χ0v) is 10.9. The fourth-order valence-electron chi connectivity index (χ4n) is 1.53. The molecule has 84 valence electrons. The topological polar surface area (TPSA) is 27.1 Å². The molecule has 0 radical (unpaired) electrons. The summed E-state index contributed by atoms with van der Waals surface area (Å²) in [5.74, 6) is 0.641. The summed E-state index contributed by atoms with van der Waals surface area (Å²) in [5, 5.41) is 5.21. The molecule has 16 heavy (non-hydrogen) atoms. The predicted octanol–water partition coefficient (Wildman–Crippen LogP) is 3.08. The van der Waals surface area contributed by atoms with Crippen molar-refractivity contribution in [2.75, 3.05) is 7.11 Å². The van der Waals surface area contributed by atoms with Crippen molar-refractivity contribution in [2.24, 2.45) is 0 Å². The van der Waals surface area contributed by atoms with Crippen molar-refractivity contribution >= 4 is 15.9 Å². The van der Waals surface area contributed by atoms with E-state index in [0.29, 0.717) is 5.88 Å². The molecule has 0 unspecified atom stereocenters. The zero-order chi connectivity index (χ0) is 11.5. The van der Waals surface area contributed by atoms with Gasteiger partial charge >= 0.3 is 0 Å². The SMILES string of the molecule is COc1cc(C)n(-c2ccc(CBr)cc2)n1. The minimum absolute atomic E-state index is 0.641. The quantitative estimate of drug-likeness (QED) is 0.808. The fourth-order valence-corrected chi connectivity index (χ4v) is 1.91. The number of benzene rings is 1. The van der Waals surface area contributed by atoms with Crippen LogP contribution in [0.25, 0.3) is 5.69 Å². The Bertz CT molecular complexity index is 476. The van der Waals surface area contributed by atoms with E-state index in [4.69, 9.17) is 4.74 Å². The zero-order valence-electron chi connectivity index (χ0n) is 9.27. The highest BCUT2D eigenvalue weighted by atomic mass is 79.9. The molecule has 0 N–H and O–H groups in total. The van der Waals surface area contributed by atoms with Crippen LogP contribution < -0.4 is 4.74 Å². The largest absolute Gasteiger partial charge is 0.480 e. The van der Waals surface area contributed by atoms with E-state index in [2.05, 4.69) is 45.3 Å². The number of halogens is 1. The summed E-state index contributed by atoms with van der Waals surface area (Å²) >= 11 is 3.43. The van der Waals surface area contributed by atoms with Gasteiger partial charge in [-0.3, -0.25) is 0 Å². The minimum atomic E-state index is 0.641. The summed E-state index contributed by atoms with van der Waals surface area (Å²) in [4.78, 5) is 0. The number of hydrogen-bond donors (Lipinski definition) is 0. The molecule has 0 bridgehead atoms. The summed E-state index contributed by atoms with van der Waals surface area (Å²) in [6.07, 6.45) is 0. The molecule has 1 heterocycles. The number of rotatable bonds is 3. The molecule has 0 aliphatic heterocycles. The average molecular weight is 281 g/mol. The van der Waals surface area contributed by atoms with Crippen LogP contribution in [0.4, 0.5) is 0 Å². The van der Waals surface area contributed by atoms with Gasteiger partial charge in [0.1, 0.15) is 0 Å².